The van der Waals surface area contributed by atoms with Crippen molar-refractivity contribution in [3.63, 3.8) is 0 Å². The fourth-order valence-corrected chi connectivity index (χ4v) is 3.42. The van der Waals surface area contributed by atoms with E-state index >= 15 is 0 Å². The number of amides is 1. The molecule has 2 aliphatic rings. The molecule has 1 aromatic heterocycles. The summed E-state index contributed by atoms with van der Waals surface area (Å²) in [6, 6.07) is 10.6. The van der Waals surface area contributed by atoms with Crippen LogP contribution in [-0.4, -0.2) is 41.9 Å². The quantitative estimate of drug-likeness (QED) is 0.632. The molecular weight excluding hydrogens is 398 g/mol. The fraction of sp³-hybridized carbons (Fsp3) is 0.211. The molecule has 3 aromatic rings. The van der Waals surface area contributed by atoms with Crippen molar-refractivity contribution in [2.75, 3.05) is 31.1 Å². The lowest BCUT2D eigenvalue weighted by molar-refractivity contribution is -0.113. The molecule has 0 aliphatic carbocycles. The van der Waals surface area contributed by atoms with E-state index in [2.05, 4.69) is 15.5 Å². The van der Waals surface area contributed by atoms with Crippen LogP contribution in [0.15, 0.2) is 46.0 Å². The number of carbonyl (C=O) groups excluding carboxylic acids is 1. The molecule has 0 radical (unpaired) electrons. The van der Waals surface area contributed by atoms with Gasteiger partial charge < -0.3 is 28.7 Å². The average Bonchev–Trinajstić information content (AvgIpc) is 3.41. The number of fused-ring (bicyclic) bond motifs is 2. The van der Waals surface area contributed by atoms with E-state index in [9.17, 15) is 4.79 Å². The highest BCUT2D eigenvalue weighted by Crippen LogP contribution is 2.35. The molecule has 5 rings (SSSR count). The first-order chi connectivity index (χ1) is 14.2. The molecule has 10 heteroatoms. The van der Waals surface area contributed by atoms with Crippen LogP contribution in [0.4, 0.5) is 5.69 Å². The molecule has 0 atom stereocenters. The number of carbonyl (C=O) groups is 1. The Bertz CT molecular complexity index is 1070. The van der Waals surface area contributed by atoms with Crippen molar-refractivity contribution in [2.24, 2.45) is 0 Å². The third kappa shape index (κ3) is 3.79. The predicted octanol–water partition coefficient (Wildman–Crippen LogP) is 2.97. The topological polar surface area (TPSA) is 105 Å². The number of anilines is 1. The molecule has 1 N–H and O–H groups in total. The Hall–Kier alpha value is -3.40. The molecule has 29 heavy (non-hydrogen) atoms. The Morgan fingerprint density at radius 2 is 1.69 bits per heavy atom. The van der Waals surface area contributed by atoms with E-state index in [1.165, 1.54) is 0 Å². The summed E-state index contributed by atoms with van der Waals surface area (Å²) in [6.07, 6.45) is 0. The van der Waals surface area contributed by atoms with Gasteiger partial charge in [-0.1, -0.05) is 11.8 Å². The van der Waals surface area contributed by atoms with Gasteiger partial charge >= 0.3 is 0 Å². The number of hydrogen-bond acceptors (Lipinski definition) is 9. The molecule has 0 saturated carbocycles. The monoisotopic (exact) mass is 413 g/mol. The summed E-state index contributed by atoms with van der Waals surface area (Å²) in [5.41, 5.74) is 1.35. The van der Waals surface area contributed by atoms with Gasteiger partial charge in [0.1, 0.15) is 13.2 Å². The maximum atomic E-state index is 12.2. The Morgan fingerprint density at radius 3 is 2.62 bits per heavy atom. The van der Waals surface area contributed by atoms with Gasteiger partial charge in [-0.25, -0.2) is 0 Å². The van der Waals surface area contributed by atoms with Crippen LogP contribution in [0, 0.1) is 0 Å². The van der Waals surface area contributed by atoms with Gasteiger partial charge in [0.2, 0.25) is 18.6 Å². The highest BCUT2D eigenvalue weighted by atomic mass is 32.2. The van der Waals surface area contributed by atoms with Crippen LogP contribution in [-0.2, 0) is 4.79 Å². The van der Waals surface area contributed by atoms with E-state index in [0.717, 1.165) is 17.3 Å². The summed E-state index contributed by atoms with van der Waals surface area (Å²) >= 11 is 1.15. The number of benzene rings is 2. The minimum Gasteiger partial charge on any atom is -0.486 e. The van der Waals surface area contributed by atoms with Crippen LogP contribution in [0.25, 0.3) is 11.5 Å². The van der Waals surface area contributed by atoms with Crippen LogP contribution in [0.2, 0.25) is 0 Å². The van der Waals surface area contributed by atoms with Gasteiger partial charge in [-0.15, -0.1) is 10.2 Å². The molecule has 0 unspecified atom stereocenters. The molecule has 2 aromatic carbocycles. The molecule has 0 spiro atoms. The number of nitrogens with zero attached hydrogens (tertiary/aromatic N) is 2. The van der Waals surface area contributed by atoms with Gasteiger partial charge in [0.15, 0.2) is 23.0 Å². The molecule has 148 valence electrons. The second kappa shape index (κ2) is 7.55. The summed E-state index contributed by atoms with van der Waals surface area (Å²) in [5, 5.41) is 11.1. The van der Waals surface area contributed by atoms with Crippen LogP contribution < -0.4 is 24.3 Å². The Balaban J connectivity index is 1.20. The number of ether oxygens (including phenoxy) is 4. The number of rotatable bonds is 5. The first-order valence-electron chi connectivity index (χ1n) is 8.80. The van der Waals surface area contributed by atoms with E-state index in [-0.39, 0.29) is 18.5 Å². The number of aromatic nitrogens is 2. The average molecular weight is 413 g/mol. The van der Waals surface area contributed by atoms with Gasteiger partial charge in [0, 0.05) is 17.3 Å². The van der Waals surface area contributed by atoms with Crippen molar-refractivity contribution in [3.05, 3.63) is 36.4 Å². The zero-order valence-corrected chi connectivity index (χ0v) is 15.9. The first-order valence-corrected chi connectivity index (χ1v) is 9.79. The highest BCUT2D eigenvalue weighted by Gasteiger charge is 2.17. The normalized spacial score (nSPS) is 13.9. The zero-order valence-electron chi connectivity index (χ0n) is 15.0. The maximum Gasteiger partial charge on any atom is 0.277 e. The van der Waals surface area contributed by atoms with E-state index in [4.69, 9.17) is 23.4 Å². The fourth-order valence-electron chi connectivity index (χ4n) is 2.86. The summed E-state index contributed by atoms with van der Waals surface area (Å²) in [5.74, 6) is 2.87. The molecule has 1 amide bonds. The van der Waals surface area contributed by atoms with Gasteiger partial charge in [0.05, 0.1) is 5.75 Å². The maximum absolute atomic E-state index is 12.2. The lowest BCUT2D eigenvalue weighted by Crippen LogP contribution is -2.15. The van der Waals surface area contributed by atoms with Crippen molar-refractivity contribution >= 4 is 23.4 Å². The van der Waals surface area contributed by atoms with Crippen LogP contribution >= 0.6 is 11.8 Å². The minimum atomic E-state index is -0.201. The van der Waals surface area contributed by atoms with Crippen molar-refractivity contribution in [1.29, 1.82) is 0 Å². The SMILES string of the molecule is O=C(CSc1nnc(-c2ccc3c(c2)OCCO3)o1)Nc1ccc2c(c1)OCO2. The molecule has 0 saturated heterocycles. The van der Waals surface area contributed by atoms with Crippen LogP contribution in [0.5, 0.6) is 23.0 Å². The Morgan fingerprint density at radius 1 is 0.931 bits per heavy atom. The van der Waals surface area contributed by atoms with Gasteiger partial charge in [-0.2, -0.15) is 0 Å². The van der Waals surface area contributed by atoms with Crippen molar-refractivity contribution in [2.45, 2.75) is 5.22 Å². The van der Waals surface area contributed by atoms with E-state index < -0.39 is 0 Å². The standard InChI is InChI=1S/C19H15N3O6S/c23-17(20-12-2-4-14-16(8-12)27-10-26-14)9-29-19-22-21-18(28-19)11-1-3-13-15(7-11)25-6-5-24-13/h1-4,7-8H,5-6,9-10H2,(H,20,23). The number of nitrogens with one attached hydrogen (secondary N) is 1. The predicted molar refractivity (Wildman–Crippen MR) is 103 cm³/mol. The highest BCUT2D eigenvalue weighted by molar-refractivity contribution is 7.99. The second-order valence-corrected chi connectivity index (χ2v) is 7.06. The molecular formula is C19H15N3O6S. The number of thioether (sulfide) groups is 1. The van der Waals surface area contributed by atoms with Gasteiger partial charge in [-0.05, 0) is 30.3 Å². The Kier molecular flexibility index (Phi) is 4.60. The largest absolute Gasteiger partial charge is 0.486 e. The molecule has 3 heterocycles. The molecule has 2 aliphatic heterocycles. The molecule has 0 fully saturated rings. The minimum absolute atomic E-state index is 0.122. The van der Waals surface area contributed by atoms with Crippen molar-refractivity contribution in [1.82, 2.24) is 10.2 Å². The first kappa shape index (κ1) is 17.7. The summed E-state index contributed by atoms with van der Waals surface area (Å²) in [6.45, 7) is 1.22. The Labute approximate surface area is 169 Å². The third-order valence-corrected chi connectivity index (χ3v) is 5.00. The summed E-state index contributed by atoms with van der Waals surface area (Å²) in [4.78, 5) is 12.2. The van der Waals surface area contributed by atoms with E-state index in [1.807, 2.05) is 6.07 Å². The molecule has 0 bridgehead atoms. The van der Waals surface area contributed by atoms with Crippen molar-refractivity contribution in [3.8, 4) is 34.5 Å². The van der Waals surface area contributed by atoms with Gasteiger partial charge in [0.25, 0.3) is 5.22 Å². The van der Waals surface area contributed by atoms with Gasteiger partial charge in [-0.3, -0.25) is 4.79 Å². The van der Waals surface area contributed by atoms with Crippen LogP contribution in [0.3, 0.4) is 0 Å². The summed E-state index contributed by atoms with van der Waals surface area (Å²) < 4.78 is 27.3. The van der Waals surface area contributed by atoms with Crippen LogP contribution in [0.1, 0.15) is 0 Å². The molecule has 9 nitrogen and oxygen atoms in total. The zero-order chi connectivity index (χ0) is 19.6. The van der Waals surface area contributed by atoms with Crippen molar-refractivity contribution < 1.29 is 28.2 Å². The lowest BCUT2D eigenvalue weighted by Gasteiger charge is -2.18. The smallest absolute Gasteiger partial charge is 0.277 e. The lowest BCUT2D eigenvalue weighted by atomic mass is 10.2. The third-order valence-electron chi connectivity index (χ3n) is 4.18. The second-order valence-electron chi connectivity index (χ2n) is 6.14. The van der Waals surface area contributed by atoms with E-state index in [1.54, 1.807) is 30.3 Å². The number of hydrogen-bond donors (Lipinski definition) is 1. The summed E-state index contributed by atoms with van der Waals surface area (Å²) in [7, 11) is 0. The van der Waals surface area contributed by atoms with E-state index in [0.29, 0.717) is 53.0 Å².